The molecule has 31 heavy (non-hydrogen) atoms. The quantitative estimate of drug-likeness (QED) is 0.592. The van der Waals surface area contributed by atoms with Crippen LogP contribution in [0, 0.1) is 0 Å². The monoisotopic (exact) mass is 423 g/mol. The van der Waals surface area contributed by atoms with Crippen LogP contribution in [0.25, 0.3) is 21.8 Å². The van der Waals surface area contributed by atoms with Gasteiger partial charge in [0.05, 0.1) is 11.7 Å². The molecule has 1 unspecified atom stereocenters. The number of nitrogens with one attached hydrogen (secondary N) is 1. The van der Waals surface area contributed by atoms with Crippen LogP contribution in [-0.4, -0.2) is 51.3 Å². The van der Waals surface area contributed by atoms with Crippen LogP contribution in [-0.2, 0) is 11.8 Å². The summed E-state index contributed by atoms with van der Waals surface area (Å²) in [6.45, 7) is 6.02. The maximum absolute atomic E-state index is 13.2. The molecule has 4 rings (SSSR count). The Bertz CT molecular complexity index is 1110. The lowest BCUT2D eigenvalue weighted by atomic mass is 10.2. The summed E-state index contributed by atoms with van der Waals surface area (Å²) in [4.78, 5) is 28.7. The number of aromatic nitrogens is 3. The number of aryl methyl sites for hydroxylation is 1. The summed E-state index contributed by atoms with van der Waals surface area (Å²) in [5.41, 5.74) is 1.26. The molecule has 7 heteroatoms. The molecule has 1 saturated heterocycles. The molecule has 1 aliphatic heterocycles. The standard InChI is InChI=1S/C24H33N5O2/c1-3-20(23(30)25-13-10-16-28-14-8-4-5-9-15-28)29-21-12-7-6-11-18(21)19-17-26-27(2)24(31)22(19)29/h6-7,11-12,17,20H,3-5,8-10,13-16H2,1-2H3,(H,25,30). The molecule has 1 aromatic carbocycles. The van der Waals surface area contributed by atoms with Gasteiger partial charge in [0.15, 0.2) is 0 Å². The first kappa shape index (κ1) is 21.6. The molecule has 1 N–H and O–H groups in total. The molecule has 1 atom stereocenters. The van der Waals surface area contributed by atoms with E-state index in [4.69, 9.17) is 0 Å². The molecule has 2 aromatic heterocycles. The lowest BCUT2D eigenvalue weighted by molar-refractivity contribution is -0.124. The fraction of sp³-hybridized carbons (Fsp3) is 0.542. The number of hydrogen-bond acceptors (Lipinski definition) is 4. The van der Waals surface area contributed by atoms with Gasteiger partial charge in [-0.2, -0.15) is 5.10 Å². The van der Waals surface area contributed by atoms with Crippen LogP contribution in [0.3, 0.4) is 0 Å². The zero-order valence-electron chi connectivity index (χ0n) is 18.6. The molecule has 1 amide bonds. The van der Waals surface area contributed by atoms with Gasteiger partial charge < -0.3 is 14.8 Å². The Balaban J connectivity index is 1.54. The van der Waals surface area contributed by atoms with Crippen molar-refractivity contribution >= 4 is 27.7 Å². The zero-order chi connectivity index (χ0) is 21.8. The van der Waals surface area contributed by atoms with Gasteiger partial charge in [-0.1, -0.05) is 38.0 Å². The number of amides is 1. The van der Waals surface area contributed by atoms with Crippen LogP contribution >= 0.6 is 0 Å². The van der Waals surface area contributed by atoms with Crippen molar-refractivity contribution in [3.05, 3.63) is 40.8 Å². The Hall–Kier alpha value is -2.67. The van der Waals surface area contributed by atoms with E-state index >= 15 is 0 Å². The van der Waals surface area contributed by atoms with Gasteiger partial charge in [0.25, 0.3) is 5.56 Å². The number of fused-ring (bicyclic) bond motifs is 3. The molecular formula is C24H33N5O2. The molecule has 0 spiro atoms. The molecule has 0 bridgehead atoms. The summed E-state index contributed by atoms with van der Waals surface area (Å²) >= 11 is 0. The lowest BCUT2D eigenvalue weighted by Gasteiger charge is -2.21. The Kier molecular flexibility index (Phi) is 6.70. The van der Waals surface area contributed by atoms with E-state index in [0.29, 0.717) is 18.5 Å². The van der Waals surface area contributed by atoms with Gasteiger partial charge in [0, 0.05) is 24.4 Å². The number of para-hydroxylation sites is 1. The summed E-state index contributed by atoms with van der Waals surface area (Å²) in [6, 6.07) is 7.43. The Morgan fingerprint density at radius 1 is 1.13 bits per heavy atom. The van der Waals surface area contributed by atoms with E-state index < -0.39 is 6.04 Å². The number of nitrogens with zero attached hydrogens (tertiary/aromatic N) is 4. The molecule has 0 saturated carbocycles. The van der Waals surface area contributed by atoms with Gasteiger partial charge in [-0.25, -0.2) is 4.68 Å². The Morgan fingerprint density at radius 2 is 1.87 bits per heavy atom. The van der Waals surface area contributed by atoms with Crippen LogP contribution in [0.15, 0.2) is 35.3 Å². The highest BCUT2D eigenvalue weighted by Crippen LogP contribution is 2.30. The largest absolute Gasteiger partial charge is 0.354 e. The summed E-state index contributed by atoms with van der Waals surface area (Å²) < 4.78 is 3.25. The number of benzene rings is 1. The third-order valence-corrected chi connectivity index (χ3v) is 6.46. The highest BCUT2D eigenvalue weighted by atomic mass is 16.2. The number of rotatable bonds is 7. The normalized spacial score (nSPS) is 16.5. The maximum atomic E-state index is 13.2. The van der Waals surface area contributed by atoms with Gasteiger partial charge in [-0.05, 0) is 51.4 Å². The second kappa shape index (κ2) is 9.64. The minimum absolute atomic E-state index is 0.0279. The van der Waals surface area contributed by atoms with E-state index in [0.717, 1.165) is 29.3 Å². The predicted octanol–water partition coefficient (Wildman–Crippen LogP) is 3.22. The van der Waals surface area contributed by atoms with Gasteiger partial charge in [0.2, 0.25) is 5.91 Å². The van der Waals surface area contributed by atoms with Crippen molar-refractivity contribution in [2.24, 2.45) is 7.05 Å². The van der Waals surface area contributed by atoms with E-state index in [2.05, 4.69) is 15.3 Å². The summed E-state index contributed by atoms with van der Waals surface area (Å²) in [7, 11) is 1.65. The SMILES string of the molecule is CCC(C(=O)NCCCN1CCCCCC1)n1c2ccccc2c2cnn(C)c(=O)c21. The van der Waals surface area contributed by atoms with Gasteiger partial charge >= 0.3 is 0 Å². The van der Waals surface area contributed by atoms with Gasteiger partial charge in [0.1, 0.15) is 11.6 Å². The highest BCUT2D eigenvalue weighted by molar-refractivity contribution is 6.08. The molecule has 7 nitrogen and oxygen atoms in total. The summed E-state index contributed by atoms with van der Waals surface area (Å²) in [6.07, 6.45) is 8.50. The van der Waals surface area contributed by atoms with Crippen molar-refractivity contribution in [3.63, 3.8) is 0 Å². The Labute approximate surface area is 183 Å². The number of carbonyl (C=O) groups excluding carboxylic acids is 1. The van der Waals surface area contributed by atoms with Crippen molar-refractivity contribution in [2.45, 2.75) is 51.5 Å². The lowest BCUT2D eigenvalue weighted by Crippen LogP contribution is -2.35. The molecule has 0 aliphatic carbocycles. The average Bonchev–Trinajstić information content (AvgIpc) is 2.91. The van der Waals surface area contributed by atoms with Crippen LogP contribution in [0.5, 0.6) is 0 Å². The first-order valence-electron chi connectivity index (χ1n) is 11.6. The molecule has 3 heterocycles. The number of likely N-dealkylation sites (tertiary alicyclic amines) is 1. The zero-order valence-corrected chi connectivity index (χ0v) is 18.6. The predicted molar refractivity (Wildman–Crippen MR) is 124 cm³/mol. The van der Waals surface area contributed by atoms with Crippen LogP contribution in [0.2, 0.25) is 0 Å². The fourth-order valence-corrected chi connectivity index (χ4v) is 4.79. The second-order valence-electron chi connectivity index (χ2n) is 8.55. The second-order valence-corrected chi connectivity index (χ2v) is 8.55. The van der Waals surface area contributed by atoms with Crippen LogP contribution < -0.4 is 10.9 Å². The van der Waals surface area contributed by atoms with E-state index in [-0.39, 0.29) is 11.5 Å². The molecule has 1 aliphatic rings. The number of hydrogen-bond donors (Lipinski definition) is 1. The third kappa shape index (κ3) is 4.37. The fourth-order valence-electron chi connectivity index (χ4n) is 4.79. The van der Waals surface area contributed by atoms with Crippen molar-refractivity contribution in [2.75, 3.05) is 26.2 Å². The average molecular weight is 424 g/mol. The van der Waals surface area contributed by atoms with E-state index in [1.165, 1.54) is 43.5 Å². The van der Waals surface area contributed by atoms with Crippen molar-refractivity contribution in [3.8, 4) is 0 Å². The van der Waals surface area contributed by atoms with Crippen molar-refractivity contribution < 1.29 is 4.79 Å². The Morgan fingerprint density at radius 3 is 2.61 bits per heavy atom. The van der Waals surface area contributed by atoms with Gasteiger partial charge in [-0.15, -0.1) is 0 Å². The van der Waals surface area contributed by atoms with E-state index in [9.17, 15) is 9.59 Å². The topological polar surface area (TPSA) is 72.2 Å². The van der Waals surface area contributed by atoms with Crippen molar-refractivity contribution in [1.82, 2.24) is 24.6 Å². The third-order valence-electron chi connectivity index (χ3n) is 6.46. The van der Waals surface area contributed by atoms with E-state index in [1.54, 1.807) is 13.2 Å². The molecular weight excluding hydrogens is 390 g/mol. The molecule has 0 radical (unpaired) electrons. The first-order chi connectivity index (χ1) is 15.1. The van der Waals surface area contributed by atoms with Crippen LogP contribution in [0.1, 0.15) is 51.5 Å². The minimum atomic E-state index is -0.435. The molecule has 166 valence electrons. The number of carbonyl (C=O) groups is 1. The first-order valence-corrected chi connectivity index (χ1v) is 11.6. The van der Waals surface area contributed by atoms with Crippen LogP contribution in [0.4, 0.5) is 0 Å². The van der Waals surface area contributed by atoms with Crippen molar-refractivity contribution in [1.29, 1.82) is 0 Å². The molecule has 3 aromatic rings. The summed E-state index contributed by atoms with van der Waals surface area (Å²) in [5, 5.41) is 9.08. The van der Waals surface area contributed by atoms with Gasteiger partial charge in [-0.3, -0.25) is 9.59 Å². The van der Waals surface area contributed by atoms with E-state index in [1.807, 2.05) is 35.8 Å². The molecule has 1 fully saturated rings. The summed E-state index contributed by atoms with van der Waals surface area (Å²) in [5.74, 6) is -0.0279. The highest BCUT2D eigenvalue weighted by Gasteiger charge is 2.25. The smallest absolute Gasteiger partial charge is 0.291 e. The minimum Gasteiger partial charge on any atom is -0.354 e. The maximum Gasteiger partial charge on any atom is 0.291 e.